The summed E-state index contributed by atoms with van der Waals surface area (Å²) in [6, 6.07) is 10.5. The van der Waals surface area contributed by atoms with Crippen molar-refractivity contribution < 1.29 is 14.3 Å². The molecule has 2 N–H and O–H groups in total. The van der Waals surface area contributed by atoms with Crippen molar-refractivity contribution in [3.05, 3.63) is 47.0 Å². The Morgan fingerprint density at radius 2 is 1.82 bits per heavy atom. The van der Waals surface area contributed by atoms with E-state index < -0.39 is 0 Å². The molecule has 1 saturated heterocycles. The molecule has 0 aromatic heterocycles. The van der Waals surface area contributed by atoms with Gasteiger partial charge >= 0.3 is 0 Å². The molecule has 0 unspecified atom stereocenters. The Morgan fingerprint density at radius 3 is 2.50 bits per heavy atom. The smallest absolute Gasteiger partial charge is 0.257 e. The van der Waals surface area contributed by atoms with Gasteiger partial charge in [0.1, 0.15) is 0 Å². The fraction of sp³-hybridized carbons (Fsp3) is 0.300. The summed E-state index contributed by atoms with van der Waals surface area (Å²) >= 11 is 11.8. The second kappa shape index (κ2) is 9.12. The summed E-state index contributed by atoms with van der Waals surface area (Å²) < 4.78 is 10.4. The zero-order chi connectivity index (χ0) is 20.1. The number of amides is 1. The van der Waals surface area contributed by atoms with Crippen LogP contribution < -0.4 is 25.0 Å². The fourth-order valence-corrected chi connectivity index (χ4v) is 3.68. The number of ether oxygens (including phenoxy) is 2. The van der Waals surface area contributed by atoms with Crippen LogP contribution in [-0.4, -0.2) is 38.3 Å². The summed E-state index contributed by atoms with van der Waals surface area (Å²) in [5, 5.41) is 6.64. The molecule has 1 amide bonds. The minimum absolute atomic E-state index is 0.197. The van der Waals surface area contributed by atoms with Crippen LogP contribution in [0.3, 0.4) is 0 Å². The predicted octanol–water partition coefficient (Wildman–Crippen LogP) is 4.08. The second-order valence-electron chi connectivity index (χ2n) is 6.31. The molecule has 1 aliphatic heterocycles. The van der Waals surface area contributed by atoms with Crippen LogP contribution in [0.1, 0.15) is 23.2 Å². The maximum atomic E-state index is 12.5. The van der Waals surface area contributed by atoms with Crippen molar-refractivity contribution >= 4 is 46.2 Å². The molecule has 8 heteroatoms. The lowest BCUT2D eigenvalue weighted by atomic mass is 10.2. The van der Waals surface area contributed by atoms with Gasteiger partial charge in [-0.1, -0.05) is 17.7 Å². The van der Waals surface area contributed by atoms with Crippen LogP contribution in [0.4, 0.5) is 11.4 Å². The van der Waals surface area contributed by atoms with Gasteiger partial charge in [0.2, 0.25) is 0 Å². The van der Waals surface area contributed by atoms with Gasteiger partial charge in [0.25, 0.3) is 5.91 Å². The number of hydrogen-bond acceptors (Lipinski definition) is 5. The van der Waals surface area contributed by atoms with E-state index >= 15 is 0 Å². The molecule has 0 atom stereocenters. The molecular weight excluding hydrogens is 398 g/mol. The number of benzene rings is 2. The quantitative estimate of drug-likeness (QED) is 0.712. The van der Waals surface area contributed by atoms with Crippen LogP contribution in [0.5, 0.6) is 11.5 Å². The van der Waals surface area contributed by atoms with E-state index in [0.717, 1.165) is 37.3 Å². The van der Waals surface area contributed by atoms with Gasteiger partial charge in [0.05, 0.1) is 30.6 Å². The maximum Gasteiger partial charge on any atom is 0.257 e. The van der Waals surface area contributed by atoms with Gasteiger partial charge < -0.3 is 19.7 Å². The fourth-order valence-electron chi connectivity index (χ4n) is 3.18. The SMILES string of the molecule is COc1ccc(C(=O)NC(=S)Nc2cccc(Cl)c2N2CCCC2)cc1OC. The van der Waals surface area contributed by atoms with Crippen LogP contribution >= 0.6 is 23.8 Å². The first-order chi connectivity index (χ1) is 13.5. The lowest BCUT2D eigenvalue weighted by molar-refractivity contribution is 0.0977. The molecule has 0 saturated carbocycles. The van der Waals surface area contributed by atoms with Gasteiger partial charge in [-0.3, -0.25) is 10.1 Å². The van der Waals surface area contributed by atoms with E-state index in [1.807, 2.05) is 18.2 Å². The van der Waals surface area contributed by atoms with E-state index in [2.05, 4.69) is 15.5 Å². The second-order valence-corrected chi connectivity index (χ2v) is 7.12. The van der Waals surface area contributed by atoms with Crippen molar-refractivity contribution in [1.82, 2.24) is 5.32 Å². The molecule has 1 aliphatic rings. The van der Waals surface area contributed by atoms with Crippen molar-refractivity contribution in [3.63, 3.8) is 0 Å². The first-order valence-electron chi connectivity index (χ1n) is 8.91. The third-order valence-corrected chi connectivity index (χ3v) is 5.04. The number of rotatable bonds is 5. The topological polar surface area (TPSA) is 62.8 Å². The van der Waals surface area contributed by atoms with E-state index in [4.69, 9.17) is 33.3 Å². The minimum Gasteiger partial charge on any atom is -0.493 e. The van der Waals surface area contributed by atoms with Crippen LogP contribution in [0.25, 0.3) is 0 Å². The van der Waals surface area contributed by atoms with Crippen LogP contribution in [0.2, 0.25) is 5.02 Å². The molecule has 2 aromatic carbocycles. The Balaban J connectivity index is 1.72. The molecule has 148 valence electrons. The molecule has 3 rings (SSSR count). The van der Waals surface area contributed by atoms with E-state index in [1.54, 1.807) is 25.3 Å². The zero-order valence-electron chi connectivity index (χ0n) is 15.8. The Bertz CT molecular complexity index is 885. The number of anilines is 2. The summed E-state index contributed by atoms with van der Waals surface area (Å²) in [4.78, 5) is 14.8. The summed E-state index contributed by atoms with van der Waals surface area (Å²) in [5.41, 5.74) is 2.09. The number of hydrogen-bond donors (Lipinski definition) is 2. The first kappa shape index (κ1) is 20.2. The van der Waals surface area contributed by atoms with E-state index in [-0.39, 0.29) is 11.0 Å². The summed E-state index contributed by atoms with van der Waals surface area (Å²) in [5.74, 6) is 0.678. The molecule has 0 spiro atoms. The summed E-state index contributed by atoms with van der Waals surface area (Å²) in [6.45, 7) is 1.90. The highest BCUT2D eigenvalue weighted by molar-refractivity contribution is 7.80. The number of nitrogens with one attached hydrogen (secondary N) is 2. The monoisotopic (exact) mass is 419 g/mol. The summed E-state index contributed by atoms with van der Waals surface area (Å²) in [7, 11) is 3.06. The number of carbonyl (C=O) groups is 1. The van der Waals surface area contributed by atoms with Gasteiger partial charge in [-0.15, -0.1) is 0 Å². The molecule has 1 heterocycles. The van der Waals surface area contributed by atoms with Crippen molar-refractivity contribution in [2.45, 2.75) is 12.8 Å². The molecule has 1 fully saturated rings. The Hall–Kier alpha value is -2.51. The van der Waals surface area contributed by atoms with Crippen molar-refractivity contribution in [1.29, 1.82) is 0 Å². The van der Waals surface area contributed by atoms with E-state index in [9.17, 15) is 4.79 Å². The van der Waals surface area contributed by atoms with Crippen LogP contribution in [0.15, 0.2) is 36.4 Å². The molecule has 0 aliphatic carbocycles. The number of carbonyl (C=O) groups excluding carboxylic acids is 1. The number of methoxy groups -OCH3 is 2. The average Bonchev–Trinajstić information content (AvgIpc) is 3.21. The molecule has 6 nitrogen and oxygen atoms in total. The molecule has 2 aromatic rings. The van der Waals surface area contributed by atoms with Crippen molar-refractivity contribution in [3.8, 4) is 11.5 Å². The number of nitrogens with zero attached hydrogens (tertiary/aromatic N) is 1. The largest absolute Gasteiger partial charge is 0.493 e. The van der Waals surface area contributed by atoms with E-state index in [0.29, 0.717) is 22.1 Å². The predicted molar refractivity (Wildman–Crippen MR) is 116 cm³/mol. The minimum atomic E-state index is -0.344. The van der Waals surface area contributed by atoms with E-state index in [1.165, 1.54) is 7.11 Å². The first-order valence-corrected chi connectivity index (χ1v) is 9.70. The maximum absolute atomic E-state index is 12.5. The van der Waals surface area contributed by atoms with Crippen molar-refractivity contribution in [2.75, 3.05) is 37.5 Å². The normalized spacial score (nSPS) is 13.2. The highest BCUT2D eigenvalue weighted by Crippen LogP contribution is 2.36. The lowest BCUT2D eigenvalue weighted by Gasteiger charge is -2.23. The lowest BCUT2D eigenvalue weighted by Crippen LogP contribution is -2.34. The Labute approximate surface area is 174 Å². The summed E-state index contributed by atoms with van der Waals surface area (Å²) in [6.07, 6.45) is 2.26. The molecule has 0 radical (unpaired) electrons. The van der Waals surface area contributed by atoms with Gasteiger partial charge in [-0.25, -0.2) is 0 Å². The highest BCUT2D eigenvalue weighted by atomic mass is 35.5. The Morgan fingerprint density at radius 1 is 1.11 bits per heavy atom. The van der Waals surface area contributed by atoms with Crippen molar-refractivity contribution in [2.24, 2.45) is 0 Å². The Kier molecular flexibility index (Phi) is 6.59. The van der Waals surface area contributed by atoms with Gasteiger partial charge in [-0.05, 0) is 55.4 Å². The van der Waals surface area contributed by atoms with Crippen LogP contribution in [0, 0.1) is 0 Å². The average molecular weight is 420 g/mol. The third kappa shape index (κ3) is 4.48. The third-order valence-electron chi connectivity index (χ3n) is 4.53. The zero-order valence-corrected chi connectivity index (χ0v) is 17.3. The number of para-hydroxylation sites is 1. The number of thiocarbonyl (C=S) groups is 1. The van der Waals surface area contributed by atoms with Gasteiger partial charge in [0.15, 0.2) is 16.6 Å². The highest BCUT2D eigenvalue weighted by Gasteiger charge is 2.20. The van der Waals surface area contributed by atoms with Crippen LogP contribution in [-0.2, 0) is 0 Å². The molecular formula is C20H22ClN3O3S. The van der Waals surface area contributed by atoms with Gasteiger partial charge in [0, 0.05) is 18.7 Å². The molecule has 28 heavy (non-hydrogen) atoms. The van der Waals surface area contributed by atoms with Gasteiger partial charge in [-0.2, -0.15) is 0 Å². The standard InChI is InChI=1S/C20H22ClN3O3S/c1-26-16-9-8-13(12-17(16)27-2)19(25)23-20(28)22-15-7-5-6-14(21)18(15)24-10-3-4-11-24/h5-9,12H,3-4,10-11H2,1-2H3,(H2,22,23,25,28). The molecule has 0 bridgehead atoms. The number of halogens is 1.